The second-order valence-corrected chi connectivity index (χ2v) is 3.00. The van der Waals surface area contributed by atoms with E-state index in [1.165, 1.54) is 0 Å². The van der Waals surface area contributed by atoms with Crippen molar-refractivity contribution in [2.75, 3.05) is 0 Å². The summed E-state index contributed by atoms with van der Waals surface area (Å²) < 4.78 is 0. The molecule has 1 saturated carbocycles. The van der Waals surface area contributed by atoms with E-state index in [4.69, 9.17) is 10.8 Å². The van der Waals surface area contributed by atoms with Crippen molar-refractivity contribution in [2.45, 2.75) is 31.2 Å². The number of carboxylic acid groups (broad SMARTS) is 1. The molecule has 62 valence electrons. The van der Waals surface area contributed by atoms with Gasteiger partial charge in [0, 0.05) is 12.8 Å². The minimum absolute atomic E-state index is 0.118. The van der Waals surface area contributed by atoms with Gasteiger partial charge in [-0.2, -0.15) is 0 Å². The SMILES string of the molecule is NC1(C(=O)O)CCC(=O)CC1. The molecule has 11 heavy (non-hydrogen) atoms. The zero-order valence-electron chi connectivity index (χ0n) is 6.17. The van der Waals surface area contributed by atoms with Gasteiger partial charge < -0.3 is 10.8 Å². The normalized spacial score (nSPS) is 23.2. The molecule has 3 N–H and O–H groups in total. The lowest BCUT2D eigenvalue weighted by Crippen LogP contribution is -2.50. The molecule has 0 aromatic carbocycles. The molecule has 0 aliphatic heterocycles. The number of aliphatic carboxylic acids is 1. The first-order valence-electron chi connectivity index (χ1n) is 3.58. The fraction of sp³-hybridized carbons (Fsp3) is 0.714. The molecule has 1 aliphatic carbocycles. The first-order chi connectivity index (χ1) is 5.04. The highest BCUT2D eigenvalue weighted by Crippen LogP contribution is 2.23. The lowest BCUT2D eigenvalue weighted by Gasteiger charge is -2.27. The molecule has 0 atom stereocenters. The van der Waals surface area contributed by atoms with Gasteiger partial charge in [-0.25, -0.2) is 0 Å². The van der Waals surface area contributed by atoms with Crippen molar-refractivity contribution in [1.29, 1.82) is 0 Å². The fourth-order valence-corrected chi connectivity index (χ4v) is 1.19. The standard InChI is InChI=1S/C7H11NO3/c8-7(6(10)11)3-1-5(9)2-4-7/h1-4,8H2,(H,10,11). The molecule has 4 heteroatoms. The van der Waals surface area contributed by atoms with Gasteiger partial charge in [0.25, 0.3) is 0 Å². The summed E-state index contributed by atoms with van der Waals surface area (Å²) in [5.74, 6) is -0.877. The van der Waals surface area contributed by atoms with E-state index in [1.807, 2.05) is 0 Å². The number of carbonyl (C=O) groups excluding carboxylic acids is 1. The summed E-state index contributed by atoms with van der Waals surface area (Å²) in [6.45, 7) is 0. The predicted molar refractivity (Wildman–Crippen MR) is 38.0 cm³/mol. The third kappa shape index (κ3) is 1.57. The van der Waals surface area contributed by atoms with E-state index < -0.39 is 11.5 Å². The van der Waals surface area contributed by atoms with E-state index in [9.17, 15) is 9.59 Å². The van der Waals surface area contributed by atoms with Crippen molar-refractivity contribution < 1.29 is 14.7 Å². The van der Waals surface area contributed by atoms with E-state index in [2.05, 4.69) is 0 Å². The number of Topliss-reactive ketones (excluding diaryl/α,β-unsaturated/α-hetero) is 1. The van der Waals surface area contributed by atoms with Crippen molar-refractivity contribution in [1.82, 2.24) is 0 Å². The Morgan fingerprint density at radius 3 is 2.27 bits per heavy atom. The van der Waals surface area contributed by atoms with Crippen LogP contribution in [0.3, 0.4) is 0 Å². The second-order valence-electron chi connectivity index (χ2n) is 3.00. The van der Waals surface area contributed by atoms with Gasteiger partial charge in [0.05, 0.1) is 0 Å². The topological polar surface area (TPSA) is 80.4 Å². The highest BCUT2D eigenvalue weighted by atomic mass is 16.4. The first-order valence-corrected chi connectivity index (χ1v) is 3.58. The average molecular weight is 157 g/mol. The van der Waals surface area contributed by atoms with Crippen molar-refractivity contribution in [3.05, 3.63) is 0 Å². The number of hydrogen-bond donors (Lipinski definition) is 2. The Kier molecular flexibility index (Phi) is 1.95. The number of hydrogen-bond acceptors (Lipinski definition) is 3. The number of rotatable bonds is 1. The number of carboxylic acids is 1. The Bertz CT molecular complexity index is 190. The highest BCUT2D eigenvalue weighted by Gasteiger charge is 2.37. The molecular formula is C7H11NO3. The zero-order chi connectivity index (χ0) is 8.48. The van der Waals surface area contributed by atoms with Crippen LogP contribution in [0.25, 0.3) is 0 Å². The molecule has 1 rings (SSSR count). The Labute approximate surface area is 64.4 Å². The van der Waals surface area contributed by atoms with Crippen molar-refractivity contribution in [2.24, 2.45) is 5.73 Å². The molecule has 0 bridgehead atoms. The van der Waals surface area contributed by atoms with Gasteiger partial charge in [0.1, 0.15) is 11.3 Å². The molecule has 0 aromatic heterocycles. The Morgan fingerprint density at radius 2 is 1.91 bits per heavy atom. The van der Waals surface area contributed by atoms with E-state index in [-0.39, 0.29) is 18.6 Å². The van der Waals surface area contributed by atoms with Gasteiger partial charge >= 0.3 is 5.97 Å². The molecule has 1 fully saturated rings. The van der Waals surface area contributed by atoms with E-state index in [1.54, 1.807) is 0 Å². The quantitative estimate of drug-likeness (QED) is 0.557. The molecule has 0 amide bonds. The summed E-state index contributed by atoms with van der Waals surface area (Å²) in [4.78, 5) is 21.3. The van der Waals surface area contributed by atoms with Gasteiger partial charge in [-0.1, -0.05) is 0 Å². The average Bonchev–Trinajstić information content (AvgIpc) is 1.95. The highest BCUT2D eigenvalue weighted by molar-refractivity contribution is 5.85. The molecule has 0 spiro atoms. The summed E-state index contributed by atoms with van der Waals surface area (Å²) in [6, 6.07) is 0. The van der Waals surface area contributed by atoms with Gasteiger partial charge in [0.15, 0.2) is 0 Å². The maximum absolute atomic E-state index is 10.7. The summed E-state index contributed by atoms with van der Waals surface area (Å²) in [5.41, 5.74) is 4.37. The van der Waals surface area contributed by atoms with Crippen LogP contribution in [0.4, 0.5) is 0 Å². The summed E-state index contributed by atoms with van der Waals surface area (Å²) in [7, 11) is 0. The third-order valence-electron chi connectivity index (χ3n) is 2.13. The van der Waals surface area contributed by atoms with Crippen LogP contribution < -0.4 is 5.73 Å². The van der Waals surface area contributed by atoms with Crippen molar-refractivity contribution in [3.8, 4) is 0 Å². The largest absolute Gasteiger partial charge is 0.480 e. The minimum Gasteiger partial charge on any atom is -0.480 e. The molecule has 4 nitrogen and oxygen atoms in total. The van der Waals surface area contributed by atoms with E-state index in [0.717, 1.165) is 0 Å². The molecule has 0 radical (unpaired) electrons. The van der Waals surface area contributed by atoms with E-state index in [0.29, 0.717) is 12.8 Å². The molecule has 0 aromatic rings. The smallest absolute Gasteiger partial charge is 0.323 e. The minimum atomic E-state index is -1.14. The Hall–Kier alpha value is -0.900. The molecule has 0 heterocycles. The van der Waals surface area contributed by atoms with Crippen LogP contribution in [0, 0.1) is 0 Å². The summed E-state index contributed by atoms with van der Waals surface area (Å²) >= 11 is 0. The Morgan fingerprint density at radius 1 is 1.45 bits per heavy atom. The van der Waals surface area contributed by atoms with Gasteiger partial charge in [-0.15, -0.1) is 0 Å². The Balaban J connectivity index is 2.62. The molecule has 0 saturated heterocycles. The van der Waals surface area contributed by atoms with Crippen LogP contribution >= 0.6 is 0 Å². The number of carbonyl (C=O) groups is 2. The lowest BCUT2D eigenvalue weighted by molar-refractivity contribution is -0.145. The van der Waals surface area contributed by atoms with Gasteiger partial charge in [-0.05, 0) is 12.8 Å². The summed E-state index contributed by atoms with van der Waals surface area (Å²) in [6.07, 6.45) is 1.17. The van der Waals surface area contributed by atoms with Crippen LogP contribution in [0.15, 0.2) is 0 Å². The van der Waals surface area contributed by atoms with Crippen LogP contribution in [-0.4, -0.2) is 22.4 Å². The van der Waals surface area contributed by atoms with Crippen LogP contribution in [0.2, 0.25) is 0 Å². The monoisotopic (exact) mass is 157 g/mol. The van der Waals surface area contributed by atoms with Crippen LogP contribution in [-0.2, 0) is 9.59 Å². The summed E-state index contributed by atoms with van der Waals surface area (Å²) in [5, 5.41) is 8.65. The van der Waals surface area contributed by atoms with E-state index >= 15 is 0 Å². The zero-order valence-corrected chi connectivity index (χ0v) is 6.17. The second kappa shape index (κ2) is 2.62. The maximum Gasteiger partial charge on any atom is 0.323 e. The van der Waals surface area contributed by atoms with Crippen LogP contribution in [0.5, 0.6) is 0 Å². The predicted octanol–water partition coefficient (Wildman–Crippen LogP) is -0.0884. The fourth-order valence-electron chi connectivity index (χ4n) is 1.19. The lowest BCUT2D eigenvalue weighted by atomic mass is 9.82. The van der Waals surface area contributed by atoms with Gasteiger partial charge in [0.2, 0.25) is 0 Å². The molecule has 1 aliphatic rings. The first kappa shape index (κ1) is 8.20. The number of nitrogens with two attached hydrogens (primary N) is 1. The molecule has 0 unspecified atom stereocenters. The third-order valence-corrected chi connectivity index (χ3v) is 2.13. The van der Waals surface area contributed by atoms with Crippen molar-refractivity contribution >= 4 is 11.8 Å². The van der Waals surface area contributed by atoms with Gasteiger partial charge in [-0.3, -0.25) is 9.59 Å². The van der Waals surface area contributed by atoms with Crippen LogP contribution in [0.1, 0.15) is 25.7 Å². The van der Waals surface area contributed by atoms with Crippen molar-refractivity contribution in [3.63, 3.8) is 0 Å². The maximum atomic E-state index is 10.7. The molecular weight excluding hydrogens is 146 g/mol. The number of ketones is 1.